The number of nitrogens with one attached hydrogen (secondary N) is 1. The molecule has 0 aliphatic carbocycles. The molecule has 11 heteroatoms. The number of aliphatic hydroxyl groups excluding tert-OH is 5. The number of rotatable bonds is 72. The van der Waals surface area contributed by atoms with Crippen molar-refractivity contribution in [3.63, 3.8) is 0 Å². The molecule has 1 rings (SSSR count). The number of carbonyl (C=O) groups is 2. The van der Waals surface area contributed by atoms with Gasteiger partial charge in [0, 0.05) is 12.8 Å². The molecule has 1 aliphatic heterocycles. The number of hydrogen-bond acceptors (Lipinski definition) is 10. The normalized spacial score (nSPS) is 17.8. The SMILES string of the molecule is CCCCC/C=C\C/C=C\CCCCCCCC(=O)OCCCCCCCCCCCCCCCCC/C=C\C/C=C\CCCCCCCCCCCCCCCCCCCC(=O)NC(COC1OC(CO)C(O)C(O)C1O)C(O)/C=C/CC/C=C/CC/C=C/CCCCCC. The van der Waals surface area contributed by atoms with Crippen molar-refractivity contribution in [2.45, 2.75) is 423 Å². The minimum atomic E-state index is -1.58. The number of allylic oxidation sites excluding steroid dienone is 13. The van der Waals surface area contributed by atoms with Crippen LogP contribution in [0.15, 0.2) is 85.1 Å². The highest BCUT2D eigenvalue weighted by atomic mass is 16.7. The Bertz CT molecular complexity index is 1880. The Morgan fingerprint density at radius 3 is 1.11 bits per heavy atom. The lowest BCUT2D eigenvalue weighted by atomic mass is 9.99. The molecule has 11 nitrogen and oxygen atoms in total. The second kappa shape index (κ2) is 73.1. The molecule has 96 heavy (non-hydrogen) atoms. The predicted molar refractivity (Wildman–Crippen MR) is 407 cm³/mol. The first-order valence-electron chi connectivity index (χ1n) is 40.9. The van der Waals surface area contributed by atoms with E-state index in [1.807, 2.05) is 6.08 Å². The number of aliphatic hydroxyl groups is 5. The molecule has 1 saturated heterocycles. The van der Waals surface area contributed by atoms with Gasteiger partial charge in [0.2, 0.25) is 5.91 Å². The maximum atomic E-state index is 13.1. The average Bonchev–Trinajstić information content (AvgIpc) is 1.06. The first-order valence-corrected chi connectivity index (χ1v) is 40.9. The van der Waals surface area contributed by atoms with E-state index in [-0.39, 0.29) is 18.5 Å². The summed E-state index contributed by atoms with van der Waals surface area (Å²) in [5, 5.41) is 54.6. The summed E-state index contributed by atoms with van der Waals surface area (Å²) in [6.45, 7) is 4.31. The average molecular weight is 1350 g/mol. The van der Waals surface area contributed by atoms with Crippen LogP contribution in [-0.4, -0.2) is 100 Å². The molecule has 0 saturated carbocycles. The molecule has 1 aliphatic rings. The van der Waals surface area contributed by atoms with Gasteiger partial charge in [-0.15, -0.1) is 0 Å². The number of carbonyl (C=O) groups excluding carboxylic acids is 2. The van der Waals surface area contributed by atoms with Gasteiger partial charge in [0.05, 0.1) is 32.0 Å². The maximum Gasteiger partial charge on any atom is 0.305 e. The van der Waals surface area contributed by atoms with Crippen LogP contribution in [-0.2, 0) is 23.8 Å². The molecular weight excluding hydrogens is 1190 g/mol. The Labute approximate surface area is 591 Å². The zero-order chi connectivity index (χ0) is 69.4. The van der Waals surface area contributed by atoms with Crippen LogP contribution in [0.4, 0.5) is 0 Å². The topological polar surface area (TPSA) is 175 Å². The van der Waals surface area contributed by atoms with Crippen molar-refractivity contribution in [3.8, 4) is 0 Å². The zero-order valence-electron chi connectivity index (χ0n) is 62.3. The van der Waals surface area contributed by atoms with Crippen LogP contribution >= 0.6 is 0 Å². The zero-order valence-corrected chi connectivity index (χ0v) is 62.3. The van der Waals surface area contributed by atoms with Crippen LogP contribution in [0.25, 0.3) is 0 Å². The van der Waals surface area contributed by atoms with Gasteiger partial charge in [-0.3, -0.25) is 9.59 Å². The van der Waals surface area contributed by atoms with Gasteiger partial charge in [-0.05, 0) is 122 Å². The first kappa shape index (κ1) is 90.9. The summed E-state index contributed by atoms with van der Waals surface area (Å²) in [6.07, 6.45) is 91.9. The van der Waals surface area contributed by atoms with Crippen molar-refractivity contribution in [1.82, 2.24) is 5.32 Å². The minimum Gasteiger partial charge on any atom is -0.466 e. The molecule has 0 bridgehead atoms. The summed E-state index contributed by atoms with van der Waals surface area (Å²) >= 11 is 0. The van der Waals surface area contributed by atoms with Gasteiger partial charge in [0.1, 0.15) is 24.4 Å². The Morgan fingerprint density at radius 2 is 0.708 bits per heavy atom. The minimum absolute atomic E-state index is 0.0000742. The first-order chi connectivity index (χ1) is 47.2. The molecule has 0 aromatic carbocycles. The van der Waals surface area contributed by atoms with Crippen molar-refractivity contribution < 1.29 is 49.3 Å². The van der Waals surface area contributed by atoms with E-state index in [9.17, 15) is 35.1 Å². The van der Waals surface area contributed by atoms with E-state index in [1.165, 1.54) is 270 Å². The van der Waals surface area contributed by atoms with Crippen molar-refractivity contribution in [2.75, 3.05) is 19.8 Å². The predicted octanol–water partition coefficient (Wildman–Crippen LogP) is 22.4. The van der Waals surface area contributed by atoms with Crippen molar-refractivity contribution in [1.29, 1.82) is 0 Å². The van der Waals surface area contributed by atoms with Gasteiger partial charge in [-0.2, -0.15) is 0 Å². The molecule has 0 radical (unpaired) electrons. The number of amides is 1. The summed E-state index contributed by atoms with van der Waals surface area (Å²) in [5.74, 6) is -0.193. The van der Waals surface area contributed by atoms with Gasteiger partial charge in [-0.1, -0.05) is 330 Å². The Morgan fingerprint density at radius 1 is 0.385 bits per heavy atom. The molecule has 6 N–H and O–H groups in total. The molecule has 1 heterocycles. The number of ether oxygens (including phenoxy) is 3. The lowest BCUT2D eigenvalue weighted by Crippen LogP contribution is -2.60. The fraction of sp³-hybridized carbons (Fsp3) is 0.812. The second-order valence-electron chi connectivity index (χ2n) is 28.1. The van der Waals surface area contributed by atoms with E-state index >= 15 is 0 Å². The third-order valence-electron chi connectivity index (χ3n) is 18.9. The summed E-state index contributed by atoms with van der Waals surface area (Å²) in [5.41, 5.74) is 0. The smallest absolute Gasteiger partial charge is 0.305 e. The molecule has 558 valence electrons. The molecule has 0 aromatic rings. The highest BCUT2D eigenvalue weighted by Crippen LogP contribution is 2.24. The van der Waals surface area contributed by atoms with Crippen LogP contribution in [0.1, 0.15) is 380 Å². The van der Waals surface area contributed by atoms with E-state index in [2.05, 4.69) is 92.1 Å². The van der Waals surface area contributed by atoms with Crippen molar-refractivity contribution >= 4 is 11.9 Å². The fourth-order valence-corrected chi connectivity index (χ4v) is 12.5. The molecular formula is C85H153NO10. The number of esters is 1. The van der Waals surface area contributed by atoms with Gasteiger partial charge < -0.3 is 45.1 Å². The summed E-state index contributed by atoms with van der Waals surface area (Å²) in [4.78, 5) is 25.2. The van der Waals surface area contributed by atoms with E-state index < -0.39 is 49.5 Å². The third-order valence-corrected chi connectivity index (χ3v) is 18.9. The van der Waals surface area contributed by atoms with Gasteiger partial charge >= 0.3 is 5.97 Å². The van der Waals surface area contributed by atoms with Gasteiger partial charge in [-0.25, -0.2) is 0 Å². The largest absolute Gasteiger partial charge is 0.466 e. The van der Waals surface area contributed by atoms with Crippen LogP contribution < -0.4 is 5.32 Å². The molecule has 0 spiro atoms. The fourth-order valence-electron chi connectivity index (χ4n) is 12.5. The number of hydrogen-bond donors (Lipinski definition) is 6. The summed E-state index contributed by atoms with van der Waals surface area (Å²) in [7, 11) is 0. The third kappa shape index (κ3) is 60.8. The molecule has 7 unspecified atom stereocenters. The molecule has 1 amide bonds. The van der Waals surface area contributed by atoms with Crippen LogP contribution in [0.3, 0.4) is 0 Å². The van der Waals surface area contributed by atoms with Crippen LogP contribution in [0.2, 0.25) is 0 Å². The standard InChI is InChI=1S/C85H153NO10/c1-3-5-7-9-11-13-15-17-44-49-53-57-61-65-69-73-81(90)94-74-70-66-62-58-54-50-46-43-41-39-37-35-33-31-29-27-25-23-21-19-20-22-24-26-28-30-32-34-36-38-40-42-45-48-52-56-60-64-68-72-80(89)86-77(76-95-85-84(93)83(92)82(91)79(75-87)96-85)78(88)71-67-63-59-55-51-47-18-16-14-12-10-8-6-4-2/h11,13-14,16-17,19-20,23,25,44,51,55,67,71,77-79,82-85,87-88,91-93H,3-10,12,15,18,21-22,24,26-43,45-50,52-54,56-66,68-70,72-76H2,1-2H3,(H,86,89)/b13-11-,16-14+,20-19-,25-23-,44-17-,55-51+,71-67+. The molecule has 7 atom stereocenters. The van der Waals surface area contributed by atoms with Gasteiger partial charge in [0.15, 0.2) is 6.29 Å². The summed E-state index contributed by atoms with van der Waals surface area (Å²) in [6, 6.07) is -0.834. The Hall–Kier alpha value is -3.16. The monoisotopic (exact) mass is 1350 g/mol. The lowest BCUT2D eigenvalue weighted by Gasteiger charge is -2.40. The molecule has 1 fully saturated rings. The van der Waals surface area contributed by atoms with E-state index in [1.54, 1.807) is 6.08 Å². The molecule has 0 aromatic heterocycles. The number of unbranched alkanes of at least 4 members (excludes halogenated alkanes) is 46. The van der Waals surface area contributed by atoms with E-state index in [0.717, 1.165) is 83.5 Å². The van der Waals surface area contributed by atoms with E-state index in [0.29, 0.717) is 19.4 Å². The highest BCUT2D eigenvalue weighted by molar-refractivity contribution is 5.76. The lowest BCUT2D eigenvalue weighted by molar-refractivity contribution is -0.302. The second-order valence-corrected chi connectivity index (χ2v) is 28.1. The van der Waals surface area contributed by atoms with Gasteiger partial charge in [0.25, 0.3) is 0 Å². The van der Waals surface area contributed by atoms with Crippen LogP contribution in [0.5, 0.6) is 0 Å². The Balaban J connectivity index is 1.92. The van der Waals surface area contributed by atoms with Crippen LogP contribution in [0, 0.1) is 0 Å². The highest BCUT2D eigenvalue weighted by Gasteiger charge is 2.44. The van der Waals surface area contributed by atoms with E-state index in [4.69, 9.17) is 14.2 Å². The Kier molecular flexibility index (Phi) is 69.2. The maximum absolute atomic E-state index is 13.1. The quantitative estimate of drug-likeness (QED) is 0.0195. The van der Waals surface area contributed by atoms with Crippen molar-refractivity contribution in [2.24, 2.45) is 0 Å². The summed E-state index contributed by atoms with van der Waals surface area (Å²) < 4.78 is 16.8. The van der Waals surface area contributed by atoms with Crippen molar-refractivity contribution in [3.05, 3.63) is 85.1 Å².